The van der Waals surface area contributed by atoms with Gasteiger partial charge in [0, 0.05) is 27.6 Å². The number of ether oxygens (including phenoxy) is 1. The zero-order chi connectivity index (χ0) is 31.1. The van der Waals surface area contributed by atoms with Crippen LogP contribution in [0.4, 0.5) is 28.4 Å². The molecule has 0 saturated heterocycles. The maximum atomic E-state index is 11.9. The number of fused-ring (bicyclic) bond motifs is 2. The first-order chi connectivity index (χ1) is 20.3. The van der Waals surface area contributed by atoms with Crippen molar-refractivity contribution in [1.29, 1.82) is 0 Å². The molecule has 5 aromatic carbocycles. The van der Waals surface area contributed by atoms with E-state index in [1.807, 2.05) is 0 Å². The number of azo groups is 2. The van der Waals surface area contributed by atoms with Crippen LogP contribution < -0.4 is 69.6 Å². The fourth-order valence-electron chi connectivity index (χ4n) is 4.42. The molecule has 220 valence electrons. The second-order valence-electron chi connectivity index (χ2n) is 9.29. The molecule has 0 aliphatic heterocycles. The smallest absolute Gasteiger partial charge is 0.744 e. The van der Waals surface area contributed by atoms with E-state index in [9.17, 15) is 31.0 Å². The number of aromatic hydroxyl groups is 1. The number of nitrogens with zero attached hydrogens (tertiary/aromatic N) is 4. The summed E-state index contributed by atoms with van der Waals surface area (Å²) in [6.45, 7) is 1.76. The average Bonchev–Trinajstić information content (AvgIpc) is 2.95. The Morgan fingerprint density at radius 2 is 1.27 bits per heavy atom. The number of nitrogens with two attached hydrogens (primary N) is 1. The molecule has 0 unspecified atom stereocenters. The average molecular weight is 666 g/mol. The minimum atomic E-state index is -4.94. The number of anilines is 1. The molecule has 0 amide bonds. The summed E-state index contributed by atoms with van der Waals surface area (Å²) in [5, 5.41) is 28.0. The van der Waals surface area contributed by atoms with Crippen molar-refractivity contribution in [2.75, 3.05) is 12.8 Å². The van der Waals surface area contributed by atoms with Crippen molar-refractivity contribution < 1.29 is 94.9 Å². The Morgan fingerprint density at radius 1 is 0.689 bits per heavy atom. The molecule has 0 aromatic heterocycles. The summed E-state index contributed by atoms with van der Waals surface area (Å²) in [4.78, 5) is -1.11. The van der Waals surface area contributed by atoms with Crippen LogP contribution in [-0.4, -0.2) is 38.2 Å². The van der Waals surface area contributed by atoms with Gasteiger partial charge in [0.05, 0.1) is 39.7 Å². The number of hydrogen-bond acceptors (Lipinski definition) is 13. The van der Waals surface area contributed by atoms with Crippen LogP contribution in [0.2, 0.25) is 0 Å². The Hall–Kier alpha value is -2.96. The molecule has 0 bridgehead atoms. The van der Waals surface area contributed by atoms with E-state index in [2.05, 4.69) is 20.5 Å². The van der Waals surface area contributed by atoms with Crippen LogP contribution in [-0.2, 0) is 20.2 Å². The molecule has 0 fully saturated rings. The summed E-state index contributed by atoms with van der Waals surface area (Å²) in [6.07, 6.45) is 0. The van der Waals surface area contributed by atoms with Crippen molar-refractivity contribution in [1.82, 2.24) is 0 Å². The van der Waals surface area contributed by atoms with Gasteiger partial charge in [0.25, 0.3) is 0 Å². The summed E-state index contributed by atoms with van der Waals surface area (Å²) in [5.41, 5.74) is 7.48. The predicted molar refractivity (Wildman–Crippen MR) is 156 cm³/mol. The van der Waals surface area contributed by atoms with Crippen molar-refractivity contribution >= 4 is 70.2 Å². The van der Waals surface area contributed by atoms with Crippen molar-refractivity contribution in [2.24, 2.45) is 20.5 Å². The third-order valence-electron chi connectivity index (χ3n) is 6.54. The first-order valence-corrected chi connectivity index (χ1v) is 15.1. The van der Waals surface area contributed by atoms with Gasteiger partial charge < -0.3 is 24.7 Å². The van der Waals surface area contributed by atoms with Crippen LogP contribution in [0, 0.1) is 6.92 Å². The quantitative estimate of drug-likeness (QED) is 0.105. The Balaban J connectivity index is 0.00000276. The third kappa shape index (κ3) is 7.72. The molecular weight excluding hydrogens is 644 g/mol. The van der Waals surface area contributed by atoms with E-state index in [0.29, 0.717) is 28.1 Å². The van der Waals surface area contributed by atoms with Gasteiger partial charge in [-0.15, -0.1) is 15.3 Å². The maximum Gasteiger partial charge on any atom is 1.00 e. The topological polar surface area (TPSA) is 219 Å². The number of hydrogen-bond donors (Lipinski definition) is 2. The van der Waals surface area contributed by atoms with Crippen LogP contribution >= 0.6 is 0 Å². The van der Waals surface area contributed by atoms with Gasteiger partial charge in [-0.05, 0) is 48.9 Å². The molecule has 0 heterocycles. The van der Waals surface area contributed by atoms with Crippen molar-refractivity contribution in [2.45, 2.75) is 16.7 Å². The van der Waals surface area contributed by atoms with Gasteiger partial charge in [-0.25, -0.2) is 16.8 Å². The van der Waals surface area contributed by atoms with Gasteiger partial charge >= 0.3 is 59.1 Å². The van der Waals surface area contributed by atoms with Gasteiger partial charge in [0.2, 0.25) is 0 Å². The molecule has 5 rings (SSSR count). The molecule has 0 saturated carbocycles. The number of nitrogen functional groups attached to an aromatic ring is 1. The monoisotopic (exact) mass is 665 g/mol. The van der Waals surface area contributed by atoms with Gasteiger partial charge in [0.15, 0.2) is 5.75 Å². The standard InChI is InChI=1S/C28H23N5O8S2.2Na/c1-15-11-21(29)26(41-2)13-24(15)32-31-23-10-9-22(17-8-7-16(12-20(17)23)42(35,36)37)30-33-25-14-27(43(38,39)40)18-5-3-4-6-19(18)28(25)34;;/h3-14,34H,29H2,1-2H3,(H,35,36,37)(H,38,39,40);;/q;2*+1/p-2. The molecular formula is C28H21N5Na2O8S2. The van der Waals surface area contributed by atoms with Crippen molar-refractivity contribution in [3.8, 4) is 11.5 Å². The largest absolute Gasteiger partial charge is 1.00 e. The second-order valence-corrected chi connectivity index (χ2v) is 12.0. The number of aryl methyl sites for hydroxylation is 1. The van der Waals surface area contributed by atoms with E-state index in [1.165, 1.54) is 43.5 Å². The fourth-order valence-corrected chi connectivity index (χ4v) is 5.62. The Kier molecular flexibility index (Phi) is 11.5. The Morgan fingerprint density at radius 3 is 1.87 bits per heavy atom. The van der Waals surface area contributed by atoms with Crippen LogP contribution in [0.3, 0.4) is 0 Å². The summed E-state index contributed by atoms with van der Waals surface area (Å²) in [5.74, 6) is -0.0275. The number of methoxy groups -OCH3 is 1. The first kappa shape index (κ1) is 36.5. The predicted octanol–water partition coefficient (Wildman–Crippen LogP) is 0.245. The van der Waals surface area contributed by atoms with E-state index in [0.717, 1.165) is 18.2 Å². The molecule has 0 aliphatic rings. The molecule has 45 heavy (non-hydrogen) atoms. The summed E-state index contributed by atoms with van der Waals surface area (Å²) in [7, 11) is -8.32. The van der Waals surface area contributed by atoms with Gasteiger partial charge in [-0.3, -0.25) is 0 Å². The summed E-state index contributed by atoms with van der Waals surface area (Å²) >= 11 is 0. The molecule has 13 nitrogen and oxygen atoms in total. The number of rotatable bonds is 7. The molecule has 3 N–H and O–H groups in total. The Labute approximate surface area is 302 Å². The number of phenols is 1. The molecule has 0 atom stereocenters. The van der Waals surface area contributed by atoms with Crippen molar-refractivity contribution in [3.05, 3.63) is 78.4 Å². The molecule has 5 aromatic rings. The molecule has 0 aliphatic carbocycles. The molecule has 17 heteroatoms. The van der Waals surface area contributed by atoms with E-state index in [1.54, 1.807) is 25.1 Å². The van der Waals surface area contributed by atoms with Crippen molar-refractivity contribution in [3.63, 3.8) is 0 Å². The normalized spacial score (nSPS) is 12.0. The maximum absolute atomic E-state index is 11.9. The van der Waals surface area contributed by atoms with E-state index >= 15 is 0 Å². The SMILES string of the molecule is COc1cc(N=Nc2ccc(N=Nc3cc(S(=O)(=O)[O-])c4ccccc4c3O)c3ccc(S(=O)(=O)[O-])cc23)c(C)cc1N.[Na+].[Na+]. The third-order valence-corrected chi connectivity index (χ3v) is 8.25. The molecule has 0 spiro atoms. The zero-order valence-electron chi connectivity index (χ0n) is 24.4. The summed E-state index contributed by atoms with van der Waals surface area (Å²) in [6, 6.07) is 16.5. The van der Waals surface area contributed by atoms with Gasteiger partial charge in [-0.2, -0.15) is 5.11 Å². The van der Waals surface area contributed by atoms with E-state index in [4.69, 9.17) is 10.5 Å². The first-order valence-electron chi connectivity index (χ1n) is 12.3. The van der Waals surface area contributed by atoms with E-state index in [-0.39, 0.29) is 92.3 Å². The fraction of sp³-hybridized carbons (Fsp3) is 0.0714. The van der Waals surface area contributed by atoms with Crippen LogP contribution in [0.5, 0.6) is 11.5 Å². The van der Waals surface area contributed by atoms with E-state index < -0.39 is 35.8 Å². The zero-order valence-corrected chi connectivity index (χ0v) is 30.0. The second kappa shape index (κ2) is 14.2. The Bertz CT molecular complexity index is 2230. The minimum Gasteiger partial charge on any atom is -0.744 e. The minimum absolute atomic E-state index is 0. The number of phenolic OH excluding ortho intramolecular Hbond substituents is 1. The molecule has 0 radical (unpaired) electrons. The summed E-state index contributed by atoms with van der Waals surface area (Å²) < 4.78 is 76.4. The number of benzene rings is 5. The van der Waals surface area contributed by atoms with Crippen LogP contribution in [0.1, 0.15) is 5.56 Å². The van der Waals surface area contributed by atoms with Gasteiger partial charge in [-0.1, -0.05) is 30.3 Å². The van der Waals surface area contributed by atoms with Crippen LogP contribution in [0.15, 0.2) is 103 Å². The van der Waals surface area contributed by atoms with Gasteiger partial charge in [0.1, 0.15) is 31.7 Å². The van der Waals surface area contributed by atoms with Crippen LogP contribution in [0.25, 0.3) is 21.5 Å².